The summed E-state index contributed by atoms with van der Waals surface area (Å²) in [4.78, 5) is 36.9. The normalized spacial score (nSPS) is 16.6. The van der Waals surface area contributed by atoms with Crippen molar-refractivity contribution in [2.75, 3.05) is 13.1 Å². The molecule has 1 aliphatic rings. The van der Waals surface area contributed by atoms with Crippen LogP contribution in [0.15, 0.2) is 34.9 Å². The van der Waals surface area contributed by atoms with Crippen LogP contribution in [0.4, 0.5) is 0 Å². The summed E-state index contributed by atoms with van der Waals surface area (Å²) in [7, 11) is 0. The van der Waals surface area contributed by atoms with Gasteiger partial charge in [-0.25, -0.2) is 0 Å². The van der Waals surface area contributed by atoms with E-state index in [0.717, 1.165) is 23.2 Å². The first-order valence-corrected chi connectivity index (χ1v) is 9.00. The van der Waals surface area contributed by atoms with E-state index >= 15 is 0 Å². The molecule has 1 aliphatic heterocycles. The zero-order valence-electron chi connectivity index (χ0n) is 16.3. The van der Waals surface area contributed by atoms with E-state index in [2.05, 4.69) is 5.16 Å². The number of aromatic nitrogens is 1. The van der Waals surface area contributed by atoms with Crippen LogP contribution in [0.2, 0.25) is 0 Å². The van der Waals surface area contributed by atoms with Gasteiger partial charge >= 0.3 is 0 Å². The number of carbonyl (C=O) groups excluding carboxylic acids is 2. The molecule has 0 aliphatic carbocycles. The van der Waals surface area contributed by atoms with Crippen LogP contribution >= 0.6 is 0 Å². The Hall–Kier alpha value is -3.16. The fourth-order valence-electron chi connectivity index (χ4n) is 3.17. The van der Waals surface area contributed by atoms with E-state index in [1.807, 2.05) is 44.2 Å². The average molecular weight is 387 g/mol. The monoisotopic (exact) mass is 387 g/mol. The fourth-order valence-corrected chi connectivity index (χ4v) is 3.17. The first-order valence-electron chi connectivity index (χ1n) is 9.00. The van der Waals surface area contributed by atoms with E-state index in [1.165, 1.54) is 0 Å². The Labute approximate surface area is 163 Å². The molecule has 2 heterocycles. The lowest BCUT2D eigenvalue weighted by molar-refractivity contribution is -0.155. The molecule has 1 atom stereocenters. The quantitative estimate of drug-likeness (QED) is 0.785. The highest BCUT2D eigenvalue weighted by molar-refractivity contribution is 5.94. The largest absolute Gasteiger partial charge is 0.483 e. The number of nitrogens with zero attached hydrogens (tertiary/aromatic N) is 3. The number of rotatable bonds is 5. The summed E-state index contributed by atoms with van der Waals surface area (Å²) < 4.78 is 5.16. The van der Waals surface area contributed by atoms with Gasteiger partial charge in [0.05, 0.1) is 18.8 Å². The van der Waals surface area contributed by atoms with Crippen molar-refractivity contribution in [2.24, 2.45) is 0 Å². The van der Waals surface area contributed by atoms with Gasteiger partial charge in [-0.2, -0.15) is 0 Å². The molecule has 1 aromatic heterocycles. The molecule has 0 saturated carbocycles. The number of carboxylic acid groups (broad SMARTS) is 1. The lowest BCUT2D eigenvalue weighted by Gasteiger charge is -2.38. The SMILES string of the molecule is Cc1noc(C)c1CN1C(=O)CN(CCc2ccccc2)C(=O)[C@@H]1C.O=CO. The van der Waals surface area contributed by atoms with Crippen molar-refractivity contribution in [3.8, 4) is 0 Å². The minimum atomic E-state index is -0.481. The number of hydrogen-bond acceptors (Lipinski definition) is 5. The summed E-state index contributed by atoms with van der Waals surface area (Å²) >= 11 is 0. The molecular weight excluding hydrogens is 362 g/mol. The molecule has 150 valence electrons. The van der Waals surface area contributed by atoms with Gasteiger partial charge in [-0.1, -0.05) is 35.5 Å². The number of aryl methyl sites for hydroxylation is 2. The van der Waals surface area contributed by atoms with Gasteiger partial charge in [0.25, 0.3) is 6.47 Å². The van der Waals surface area contributed by atoms with Gasteiger partial charge in [0.2, 0.25) is 11.8 Å². The molecule has 1 N–H and O–H groups in total. The maximum absolute atomic E-state index is 12.7. The molecule has 0 unspecified atom stereocenters. The van der Waals surface area contributed by atoms with Crippen molar-refractivity contribution in [2.45, 2.75) is 39.8 Å². The molecule has 1 aromatic carbocycles. The third-order valence-electron chi connectivity index (χ3n) is 4.81. The minimum Gasteiger partial charge on any atom is -0.483 e. The highest BCUT2D eigenvalue weighted by Crippen LogP contribution is 2.20. The predicted molar refractivity (Wildman–Crippen MR) is 101 cm³/mol. The Bertz CT molecular complexity index is 799. The lowest BCUT2D eigenvalue weighted by Crippen LogP contribution is -2.58. The smallest absolute Gasteiger partial charge is 0.290 e. The Morgan fingerprint density at radius 2 is 1.89 bits per heavy atom. The van der Waals surface area contributed by atoms with Crippen LogP contribution in [0.5, 0.6) is 0 Å². The summed E-state index contributed by atoms with van der Waals surface area (Å²) in [6.07, 6.45) is 0.746. The van der Waals surface area contributed by atoms with Crippen molar-refractivity contribution in [3.05, 3.63) is 52.9 Å². The third kappa shape index (κ3) is 4.97. The number of hydrogen-bond donors (Lipinski definition) is 1. The second kappa shape index (κ2) is 9.68. The van der Waals surface area contributed by atoms with Crippen molar-refractivity contribution in [3.63, 3.8) is 0 Å². The molecule has 3 rings (SSSR count). The van der Waals surface area contributed by atoms with Gasteiger partial charge in [-0.05, 0) is 32.8 Å². The first kappa shape index (κ1) is 21.1. The molecule has 2 aromatic rings. The zero-order valence-corrected chi connectivity index (χ0v) is 16.3. The van der Waals surface area contributed by atoms with Crippen molar-refractivity contribution < 1.29 is 24.0 Å². The molecular formula is C20H25N3O5. The van der Waals surface area contributed by atoms with Crippen LogP contribution in [0, 0.1) is 13.8 Å². The van der Waals surface area contributed by atoms with Crippen LogP contribution < -0.4 is 0 Å². The lowest BCUT2D eigenvalue weighted by atomic mass is 10.1. The molecule has 28 heavy (non-hydrogen) atoms. The number of benzene rings is 1. The van der Waals surface area contributed by atoms with Gasteiger partial charge in [-0.15, -0.1) is 0 Å². The molecule has 2 amide bonds. The molecule has 1 fully saturated rings. The van der Waals surface area contributed by atoms with Crippen LogP contribution in [-0.2, 0) is 27.3 Å². The third-order valence-corrected chi connectivity index (χ3v) is 4.81. The standard InChI is InChI=1S/C19H23N3O3.CH2O2/c1-13-17(15(3)25-20-13)11-22-14(2)19(24)21(12-18(22)23)10-9-16-7-5-4-6-8-16;2-1-3/h4-8,14H,9-12H2,1-3H3;1H,(H,2,3)/t14-;/m0./s1. The number of carbonyl (C=O) groups is 3. The Balaban J connectivity index is 0.000000878. The highest BCUT2D eigenvalue weighted by Gasteiger charge is 2.36. The highest BCUT2D eigenvalue weighted by atomic mass is 16.5. The molecule has 0 spiro atoms. The van der Waals surface area contributed by atoms with E-state index in [9.17, 15) is 9.59 Å². The maximum Gasteiger partial charge on any atom is 0.290 e. The molecule has 8 nitrogen and oxygen atoms in total. The summed E-state index contributed by atoms with van der Waals surface area (Å²) in [6.45, 7) is 6.24. The number of piperazine rings is 1. The molecule has 8 heteroatoms. The Morgan fingerprint density at radius 3 is 2.46 bits per heavy atom. The fraction of sp³-hybridized carbons (Fsp3) is 0.400. The van der Waals surface area contributed by atoms with Gasteiger partial charge in [0, 0.05) is 12.1 Å². The van der Waals surface area contributed by atoms with Crippen molar-refractivity contribution >= 4 is 18.3 Å². The van der Waals surface area contributed by atoms with E-state index < -0.39 is 6.04 Å². The van der Waals surface area contributed by atoms with Crippen molar-refractivity contribution in [1.82, 2.24) is 15.0 Å². The van der Waals surface area contributed by atoms with Crippen LogP contribution in [0.25, 0.3) is 0 Å². The number of amides is 2. The van der Waals surface area contributed by atoms with Gasteiger partial charge in [-0.3, -0.25) is 14.4 Å². The van der Waals surface area contributed by atoms with Crippen LogP contribution in [0.1, 0.15) is 29.5 Å². The van der Waals surface area contributed by atoms with Gasteiger partial charge in [0.1, 0.15) is 11.8 Å². The molecule has 0 bridgehead atoms. The van der Waals surface area contributed by atoms with Gasteiger partial charge in [0.15, 0.2) is 0 Å². The van der Waals surface area contributed by atoms with E-state index in [-0.39, 0.29) is 24.8 Å². The second-order valence-electron chi connectivity index (χ2n) is 6.60. The Kier molecular flexibility index (Phi) is 7.31. The van der Waals surface area contributed by atoms with Crippen molar-refractivity contribution in [1.29, 1.82) is 0 Å². The maximum atomic E-state index is 12.7. The van der Waals surface area contributed by atoms with Gasteiger partial charge < -0.3 is 19.4 Å². The van der Waals surface area contributed by atoms with E-state index in [1.54, 1.807) is 16.7 Å². The summed E-state index contributed by atoms with van der Waals surface area (Å²) in [5, 5.41) is 10.8. The van der Waals surface area contributed by atoms with Crippen LogP contribution in [-0.4, -0.2) is 57.5 Å². The summed E-state index contributed by atoms with van der Waals surface area (Å²) in [5.41, 5.74) is 2.80. The summed E-state index contributed by atoms with van der Waals surface area (Å²) in [5.74, 6) is 0.638. The Morgan fingerprint density at radius 1 is 1.25 bits per heavy atom. The molecule has 1 saturated heterocycles. The average Bonchev–Trinajstić information content (AvgIpc) is 3.00. The van der Waals surface area contributed by atoms with E-state index in [4.69, 9.17) is 14.4 Å². The topological polar surface area (TPSA) is 104 Å². The van der Waals surface area contributed by atoms with E-state index in [0.29, 0.717) is 18.8 Å². The predicted octanol–water partition coefficient (Wildman–Crippen LogP) is 1.79. The first-order chi connectivity index (χ1) is 13.4. The zero-order chi connectivity index (χ0) is 20.7. The summed E-state index contributed by atoms with van der Waals surface area (Å²) in [6, 6.07) is 9.50. The molecule has 0 radical (unpaired) electrons. The second-order valence-corrected chi connectivity index (χ2v) is 6.60. The minimum absolute atomic E-state index is 0.0118. The van der Waals surface area contributed by atoms with Crippen LogP contribution in [0.3, 0.4) is 0 Å².